The summed E-state index contributed by atoms with van der Waals surface area (Å²) in [5, 5.41) is 5.72. The molecule has 1 aromatic carbocycles. The molecule has 2 amide bonds. The number of nitrogens with two attached hydrogens (primary N) is 1. The van der Waals surface area contributed by atoms with Crippen molar-refractivity contribution in [3.8, 4) is 0 Å². The van der Waals surface area contributed by atoms with E-state index < -0.39 is 0 Å². The van der Waals surface area contributed by atoms with Crippen LogP contribution in [0.5, 0.6) is 0 Å². The predicted molar refractivity (Wildman–Crippen MR) is 83.9 cm³/mol. The maximum Gasteiger partial charge on any atom is 0.231 e. The van der Waals surface area contributed by atoms with Gasteiger partial charge in [0.05, 0.1) is 5.41 Å². The largest absolute Gasteiger partial charge is 0.329 e. The van der Waals surface area contributed by atoms with E-state index in [2.05, 4.69) is 10.6 Å². The molecule has 2 rings (SSSR count). The van der Waals surface area contributed by atoms with Gasteiger partial charge in [0.25, 0.3) is 0 Å². The molecule has 0 saturated heterocycles. The van der Waals surface area contributed by atoms with Gasteiger partial charge in [0.15, 0.2) is 0 Å². The summed E-state index contributed by atoms with van der Waals surface area (Å²) in [6.07, 6.45) is 2.78. The Morgan fingerprint density at radius 2 is 1.67 bits per heavy atom. The van der Waals surface area contributed by atoms with Crippen molar-refractivity contribution in [1.29, 1.82) is 0 Å². The molecule has 4 N–H and O–H groups in total. The van der Waals surface area contributed by atoms with E-state index in [0.717, 1.165) is 30.6 Å². The third-order valence-electron chi connectivity index (χ3n) is 4.12. The second kappa shape index (κ2) is 6.26. The summed E-state index contributed by atoms with van der Waals surface area (Å²) < 4.78 is 0. The van der Waals surface area contributed by atoms with Crippen LogP contribution in [0.2, 0.25) is 0 Å². The molecule has 0 aromatic heterocycles. The lowest BCUT2D eigenvalue weighted by Gasteiger charge is -2.39. The van der Waals surface area contributed by atoms with E-state index in [1.54, 1.807) is 24.3 Å². The zero-order valence-electron chi connectivity index (χ0n) is 12.6. The molecule has 0 bridgehead atoms. The van der Waals surface area contributed by atoms with E-state index in [1.165, 1.54) is 0 Å². The van der Waals surface area contributed by atoms with Gasteiger partial charge in [-0.1, -0.05) is 20.3 Å². The maximum atomic E-state index is 12.2. The van der Waals surface area contributed by atoms with Crippen molar-refractivity contribution >= 4 is 23.2 Å². The molecule has 114 valence electrons. The topological polar surface area (TPSA) is 84.2 Å². The summed E-state index contributed by atoms with van der Waals surface area (Å²) in [6.45, 7) is 4.07. The van der Waals surface area contributed by atoms with E-state index in [0.29, 0.717) is 6.54 Å². The van der Waals surface area contributed by atoms with Crippen LogP contribution >= 0.6 is 0 Å². The zero-order valence-corrected chi connectivity index (χ0v) is 12.6. The number of amides is 2. The lowest BCUT2D eigenvalue weighted by Crippen LogP contribution is -2.47. The number of nitrogens with one attached hydrogen (secondary N) is 2. The molecule has 0 aliphatic heterocycles. The number of rotatable bonds is 5. The molecule has 1 aliphatic carbocycles. The molecule has 0 spiro atoms. The normalized spacial score (nSPS) is 16.2. The Kier molecular flexibility index (Phi) is 4.63. The Labute approximate surface area is 125 Å². The van der Waals surface area contributed by atoms with Gasteiger partial charge in [-0.25, -0.2) is 0 Å². The van der Waals surface area contributed by atoms with Crippen LogP contribution < -0.4 is 16.4 Å². The molecular weight excluding hydrogens is 266 g/mol. The lowest BCUT2D eigenvalue weighted by atomic mass is 9.68. The van der Waals surface area contributed by atoms with Crippen molar-refractivity contribution in [2.75, 3.05) is 17.2 Å². The van der Waals surface area contributed by atoms with Gasteiger partial charge in [0.2, 0.25) is 11.8 Å². The molecule has 1 fully saturated rings. The van der Waals surface area contributed by atoms with Crippen molar-refractivity contribution < 1.29 is 9.59 Å². The van der Waals surface area contributed by atoms with Gasteiger partial charge >= 0.3 is 0 Å². The van der Waals surface area contributed by atoms with Crippen molar-refractivity contribution in [2.24, 2.45) is 17.1 Å². The Morgan fingerprint density at radius 3 is 2.05 bits per heavy atom. The summed E-state index contributed by atoms with van der Waals surface area (Å²) >= 11 is 0. The average molecular weight is 289 g/mol. The van der Waals surface area contributed by atoms with Gasteiger partial charge in [-0.15, -0.1) is 0 Å². The third-order valence-corrected chi connectivity index (χ3v) is 4.12. The van der Waals surface area contributed by atoms with Crippen LogP contribution in [-0.2, 0) is 9.59 Å². The quantitative estimate of drug-likeness (QED) is 0.778. The van der Waals surface area contributed by atoms with E-state index >= 15 is 0 Å². The fourth-order valence-corrected chi connectivity index (χ4v) is 2.31. The maximum absolute atomic E-state index is 12.2. The molecular formula is C16H23N3O2. The summed E-state index contributed by atoms with van der Waals surface area (Å²) in [4.78, 5) is 23.8. The Balaban J connectivity index is 1.96. The molecule has 1 aliphatic rings. The second-order valence-electron chi connectivity index (χ2n) is 6.01. The highest BCUT2D eigenvalue weighted by molar-refractivity contribution is 5.96. The number of benzene rings is 1. The Morgan fingerprint density at radius 1 is 1.14 bits per heavy atom. The zero-order chi connectivity index (χ0) is 15.5. The minimum atomic E-state index is -0.384. The summed E-state index contributed by atoms with van der Waals surface area (Å²) in [6, 6.07) is 7.14. The van der Waals surface area contributed by atoms with E-state index in [-0.39, 0.29) is 23.1 Å². The van der Waals surface area contributed by atoms with Crippen LogP contribution in [0, 0.1) is 11.3 Å². The third kappa shape index (κ3) is 3.42. The molecule has 0 atom stereocenters. The number of carbonyl (C=O) groups excluding carboxylic acids is 2. The van der Waals surface area contributed by atoms with Crippen LogP contribution in [0.15, 0.2) is 24.3 Å². The summed E-state index contributed by atoms with van der Waals surface area (Å²) in [5.41, 5.74) is 6.79. The molecule has 0 unspecified atom stereocenters. The smallest absolute Gasteiger partial charge is 0.231 e. The predicted octanol–water partition coefficient (Wildman–Crippen LogP) is 2.35. The monoisotopic (exact) mass is 289 g/mol. The average Bonchev–Trinajstić information content (AvgIpc) is 2.40. The first-order chi connectivity index (χ1) is 9.97. The lowest BCUT2D eigenvalue weighted by molar-refractivity contribution is -0.129. The van der Waals surface area contributed by atoms with Crippen LogP contribution in [-0.4, -0.2) is 18.4 Å². The van der Waals surface area contributed by atoms with Gasteiger partial charge in [-0.2, -0.15) is 0 Å². The van der Waals surface area contributed by atoms with Gasteiger partial charge in [0, 0.05) is 23.8 Å². The Hall–Kier alpha value is -1.88. The van der Waals surface area contributed by atoms with Crippen LogP contribution in [0.3, 0.4) is 0 Å². The minimum absolute atomic E-state index is 0.00443. The second-order valence-corrected chi connectivity index (χ2v) is 6.01. The molecule has 21 heavy (non-hydrogen) atoms. The van der Waals surface area contributed by atoms with Crippen LogP contribution in [0.25, 0.3) is 0 Å². The molecule has 1 saturated carbocycles. The number of hydrogen-bond acceptors (Lipinski definition) is 3. The van der Waals surface area contributed by atoms with Crippen molar-refractivity contribution in [2.45, 2.75) is 33.1 Å². The fraction of sp³-hybridized carbons (Fsp3) is 0.500. The van der Waals surface area contributed by atoms with Crippen molar-refractivity contribution in [1.82, 2.24) is 0 Å². The SMILES string of the molecule is CC(C)C(=O)Nc1ccc(NC(=O)C2(CN)CCC2)cc1. The van der Waals surface area contributed by atoms with Crippen LogP contribution in [0.4, 0.5) is 11.4 Å². The van der Waals surface area contributed by atoms with E-state index in [4.69, 9.17) is 5.73 Å². The molecule has 5 heteroatoms. The summed E-state index contributed by atoms with van der Waals surface area (Å²) in [5.74, 6) is -0.0917. The minimum Gasteiger partial charge on any atom is -0.329 e. The van der Waals surface area contributed by atoms with Gasteiger partial charge in [-0.3, -0.25) is 9.59 Å². The standard InChI is InChI=1S/C16H23N3O2/c1-11(2)14(20)18-12-4-6-13(7-5-12)19-15(21)16(10-17)8-3-9-16/h4-7,11H,3,8-10,17H2,1-2H3,(H,18,20)(H,19,21). The van der Waals surface area contributed by atoms with Gasteiger partial charge < -0.3 is 16.4 Å². The molecule has 0 radical (unpaired) electrons. The molecule has 0 heterocycles. The fourth-order valence-electron chi connectivity index (χ4n) is 2.31. The first-order valence-electron chi connectivity index (χ1n) is 7.39. The molecule has 1 aromatic rings. The van der Waals surface area contributed by atoms with Crippen molar-refractivity contribution in [3.05, 3.63) is 24.3 Å². The van der Waals surface area contributed by atoms with Crippen LogP contribution in [0.1, 0.15) is 33.1 Å². The summed E-state index contributed by atoms with van der Waals surface area (Å²) in [7, 11) is 0. The first kappa shape index (κ1) is 15.5. The highest BCUT2D eigenvalue weighted by Gasteiger charge is 2.42. The Bertz CT molecular complexity index is 513. The van der Waals surface area contributed by atoms with Crippen molar-refractivity contribution in [3.63, 3.8) is 0 Å². The van der Waals surface area contributed by atoms with E-state index in [9.17, 15) is 9.59 Å². The highest BCUT2D eigenvalue weighted by Crippen LogP contribution is 2.40. The number of carbonyl (C=O) groups is 2. The number of anilines is 2. The van der Waals surface area contributed by atoms with Gasteiger partial charge in [0.1, 0.15) is 0 Å². The first-order valence-corrected chi connectivity index (χ1v) is 7.39. The number of hydrogen-bond donors (Lipinski definition) is 3. The van der Waals surface area contributed by atoms with Gasteiger partial charge in [-0.05, 0) is 37.1 Å². The van der Waals surface area contributed by atoms with E-state index in [1.807, 2.05) is 13.8 Å². The molecule has 5 nitrogen and oxygen atoms in total. The highest BCUT2D eigenvalue weighted by atomic mass is 16.2.